The fraction of sp³-hybridized carbons (Fsp3) is 0.500. The number of nitrogens with zero attached hydrogens (tertiary/aromatic N) is 1. The third kappa shape index (κ3) is 4.21. The zero-order valence-electron chi connectivity index (χ0n) is 12.8. The molecule has 0 unspecified atom stereocenters. The Bertz CT molecular complexity index is 504. The maximum Gasteiger partial charge on any atom is 0.310 e. The molecule has 20 heavy (non-hydrogen) atoms. The molecule has 0 aliphatic heterocycles. The summed E-state index contributed by atoms with van der Waals surface area (Å²) in [6.07, 6.45) is 1.95. The Hall–Kier alpha value is -1.60. The lowest BCUT2D eigenvalue weighted by Gasteiger charge is -2.20. The van der Waals surface area contributed by atoms with Gasteiger partial charge in [-0.2, -0.15) is 0 Å². The van der Waals surface area contributed by atoms with E-state index >= 15 is 0 Å². The lowest BCUT2D eigenvalue weighted by molar-refractivity contribution is -0.139. The van der Waals surface area contributed by atoms with Gasteiger partial charge in [-0.3, -0.25) is 4.79 Å². The Morgan fingerprint density at radius 2 is 1.95 bits per heavy atom. The summed E-state index contributed by atoms with van der Waals surface area (Å²) in [6, 6.07) is 7.19. The molecular formula is C16H23NO2Si. The van der Waals surface area contributed by atoms with E-state index in [9.17, 15) is 4.79 Å². The van der Waals surface area contributed by atoms with E-state index in [1.807, 2.05) is 12.1 Å². The minimum absolute atomic E-state index is 0.229. The van der Waals surface area contributed by atoms with E-state index in [0.717, 1.165) is 23.7 Å². The third-order valence-corrected chi connectivity index (χ3v) is 8.65. The van der Waals surface area contributed by atoms with Crippen molar-refractivity contribution in [2.45, 2.75) is 45.3 Å². The number of carbonyl (C=O) groups is 1. The van der Waals surface area contributed by atoms with Crippen LogP contribution in [-0.4, -0.2) is 26.1 Å². The molecule has 0 amide bonds. The summed E-state index contributed by atoms with van der Waals surface area (Å²) in [5.41, 5.74) is 5.06. The predicted molar refractivity (Wildman–Crippen MR) is 84.0 cm³/mol. The van der Waals surface area contributed by atoms with Gasteiger partial charge in [-0.15, -0.1) is 5.54 Å². The second-order valence-corrected chi connectivity index (χ2v) is 9.79. The second-order valence-electron chi connectivity index (χ2n) is 4.86. The maximum absolute atomic E-state index is 11.4. The Labute approximate surface area is 122 Å². The summed E-state index contributed by atoms with van der Waals surface area (Å²) in [5, 5.41) is 0. The standard InChI is InChI=1S/C16H23NO2Si/c1-5-20(6-2,7-3)12-10-15-14(9-8-11-17-15)13-16(18)19-4/h8-9,11H,5-7,13H2,1-4H3. The average molecular weight is 289 g/mol. The van der Waals surface area contributed by atoms with Crippen molar-refractivity contribution in [3.05, 3.63) is 29.6 Å². The number of esters is 1. The minimum atomic E-state index is -1.49. The molecule has 0 aromatic carbocycles. The van der Waals surface area contributed by atoms with Gasteiger partial charge in [0.1, 0.15) is 13.8 Å². The quantitative estimate of drug-likeness (QED) is 0.475. The first-order valence-corrected chi connectivity index (χ1v) is 9.76. The first-order chi connectivity index (χ1) is 9.60. The molecule has 0 aliphatic carbocycles. The first-order valence-electron chi connectivity index (χ1n) is 7.14. The number of ether oxygens (including phenoxy) is 1. The van der Waals surface area contributed by atoms with E-state index < -0.39 is 8.07 Å². The van der Waals surface area contributed by atoms with Crippen LogP contribution in [0.25, 0.3) is 0 Å². The number of aromatic nitrogens is 1. The van der Waals surface area contributed by atoms with Crippen LogP contribution in [0.4, 0.5) is 0 Å². The molecule has 1 rings (SSSR count). The van der Waals surface area contributed by atoms with E-state index in [4.69, 9.17) is 4.74 Å². The SMILES string of the molecule is CC[Si](C#Cc1ncccc1CC(=O)OC)(CC)CC. The Kier molecular flexibility index (Phi) is 6.46. The first kappa shape index (κ1) is 16.5. The van der Waals surface area contributed by atoms with Crippen LogP contribution in [0, 0.1) is 11.5 Å². The van der Waals surface area contributed by atoms with Crippen LogP contribution < -0.4 is 0 Å². The van der Waals surface area contributed by atoms with Crippen molar-refractivity contribution in [2.75, 3.05) is 7.11 Å². The lowest BCUT2D eigenvalue weighted by Crippen LogP contribution is -2.29. The summed E-state index contributed by atoms with van der Waals surface area (Å²) >= 11 is 0. The number of rotatable bonds is 5. The van der Waals surface area contributed by atoms with Crippen molar-refractivity contribution in [3.8, 4) is 11.5 Å². The summed E-state index contributed by atoms with van der Waals surface area (Å²) in [6.45, 7) is 6.67. The molecular weight excluding hydrogens is 266 g/mol. The highest BCUT2D eigenvalue weighted by molar-refractivity contribution is 6.87. The summed E-state index contributed by atoms with van der Waals surface area (Å²) in [5.74, 6) is 2.97. The van der Waals surface area contributed by atoms with Crippen LogP contribution in [0.15, 0.2) is 18.3 Å². The van der Waals surface area contributed by atoms with Gasteiger partial charge in [-0.25, -0.2) is 4.98 Å². The fourth-order valence-electron chi connectivity index (χ4n) is 2.13. The van der Waals surface area contributed by atoms with Crippen LogP contribution in [0.2, 0.25) is 18.1 Å². The molecule has 0 saturated carbocycles. The molecule has 0 spiro atoms. The van der Waals surface area contributed by atoms with Crippen molar-refractivity contribution in [3.63, 3.8) is 0 Å². The zero-order valence-corrected chi connectivity index (χ0v) is 13.8. The molecule has 4 heteroatoms. The van der Waals surface area contributed by atoms with E-state index in [1.165, 1.54) is 7.11 Å². The van der Waals surface area contributed by atoms with Crippen LogP contribution >= 0.6 is 0 Å². The van der Waals surface area contributed by atoms with Crippen molar-refractivity contribution in [1.82, 2.24) is 4.98 Å². The van der Waals surface area contributed by atoms with Gasteiger partial charge in [0.15, 0.2) is 0 Å². The van der Waals surface area contributed by atoms with E-state index in [2.05, 4.69) is 37.2 Å². The van der Waals surface area contributed by atoms with Crippen molar-refractivity contribution in [1.29, 1.82) is 0 Å². The van der Waals surface area contributed by atoms with E-state index in [1.54, 1.807) is 6.20 Å². The van der Waals surface area contributed by atoms with E-state index in [-0.39, 0.29) is 12.4 Å². The Balaban J connectivity index is 3.07. The highest BCUT2D eigenvalue weighted by Gasteiger charge is 2.24. The number of hydrogen-bond donors (Lipinski definition) is 0. The minimum Gasteiger partial charge on any atom is -0.469 e. The summed E-state index contributed by atoms with van der Waals surface area (Å²) in [4.78, 5) is 15.7. The molecule has 0 saturated heterocycles. The van der Waals surface area contributed by atoms with Gasteiger partial charge in [0.25, 0.3) is 0 Å². The van der Waals surface area contributed by atoms with Crippen molar-refractivity contribution < 1.29 is 9.53 Å². The summed E-state index contributed by atoms with van der Waals surface area (Å²) in [7, 11) is -0.0926. The van der Waals surface area contributed by atoms with Gasteiger partial charge in [0, 0.05) is 6.20 Å². The molecule has 1 heterocycles. The van der Waals surface area contributed by atoms with Crippen LogP contribution in [0.1, 0.15) is 32.0 Å². The molecule has 0 N–H and O–H groups in total. The number of carbonyl (C=O) groups excluding carboxylic acids is 1. The number of methoxy groups -OCH3 is 1. The number of pyridine rings is 1. The average Bonchev–Trinajstić information content (AvgIpc) is 2.50. The second kappa shape index (κ2) is 7.86. The normalized spacial score (nSPS) is 10.6. The topological polar surface area (TPSA) is 39.2 Å². The molecule has 1 aromatic rings. The highest BCUT2D eigenvalue weighted by Crippen LogP contribution is 2.19. The van der Waals surface area contributed by atoms with Gasteiger partial charge >= 0.3 is 5.97 Å². The van der Waals surface area contributed by atoms with Crippen LogP contribution in [0.5, 0.6) is 0 Å². The Morgan fingerprint density at radius 1 is 1.30 bits per heavy atom. The summed E-state index contributed by atoms with van der Waals surface area (Å²) < 4.78 is 4.71. The molecule has 0 aliphatic rings. The van der Waals surface area contributed by atoms with Gasteiger partial charge in [0.2, 0.25) is 0 Å². The Morgan fingerprint density at radius 3 is 2.50 bits per heavy atom. The largest absolute Gasteiger partial charge is 0.469 e. The van der Waals surface area contributed by atoms with E-state index in [0.29, 0.717) is 5.69 Å². The van der Waals surface area contributed by atoms with Gasteiger partial charge in [-0.1, -0.05) is 32.8 Å². The molecule has 0 radical (unpaired) electrons. The molecule has 108 valence electrons. The van der Waals surface area contributed by atoms with Crippen molar-refractivity contribution in [2.24, 2.45) is 0 Å². The predicted octanol–water partition coefficient (Wildman–Crippen LogP) is 3.20. The monoisotopic (exact) mass is 289 g/mol. The highest BCUT2D eigenvalue weighted by atomic mass is 28.3. The molecule has 3 nitrogen and oxygen atoms in total. The zero-order chi connectivity index (χ0) is 15.0. The molecule has 1 aromatic heterocycles. The number of hydrogen-bond acceptors (Lipinski definition) is 3. The molecule has 0 bridgehead atoms. The molecule has 0 fully saturated rings. The third-order valence-electron chi connectivity index (χ3n) is 3.93. The van der Waals surface area contributed by atoms with Gasteiger partial charge in [0.05, 0.1) is 13.5 Å². The lowest BCUT2D eigenvalue weighted by atomic mass is 10.1. The fourth-order valence-corrected chi connectivity index (χ4v) is 4.54. The smallest absolute Gasteiger partial charge is 0.310 e. The van der Waals surface area contributed by atoms with Crippen LogP contribution in [-0.2, 0) is 16.0 Å². The molecule has 0 atom stereocenters. The van der Waals surface area contributed by atoms with Gasteiger partial charge in [-0.05, 0) is 29.8 Å². The van der Waals surface area contributed by atoms with Crippen molar-refractivity contribution >= 4 is 14.0 Å². The van der Waals surface area contributed by atoms with Gasteiger partial charge < -0.3 is 4.74 Å². The maximum atomic E-state index is 11.4. The van der Waals surface area contributed by atoms with Crippen LogP contribution in [0.3, 0.4) is 0 Å².